The Bertz CT molecular complexity index is 1540. The van der Waals surface area contributed by atoms with Crippen LogP contribution in [0, 0.1) is 17.7 Å². The van der Waals surface area contributed by atoms with E-state index >= 15 is 4.39 Å². The molecule has 2 aromatic rings. The number of ether oxygens (including phenoxy) is 1. The fourth-order valence-corrected chi connectivity index (χ4v) is 7.37. The van der Waals surface area contributed by atoms with Gasteiger partial charge in [0, 0.05) is 36.1 Å². The van der Waals surface area contributed by atoms with Crippen molar-refractivity contribution in [2.75, 3.05) is 11.9 Å². The summed E-state index contributed by atoms with van der Waals surface area (Å²) in [4.78, 5) is 32.9. The third kappa shape index (κ3) is 8.30. The molecule has 2 amide bonds. The van der Waals surface area contributed by atoms with E-state index in [0.717, 1.165) is 24.8 Å². The van der Waals surface area contributed by atoms with Gasteiger partial charge in [-0.3, -0.25) is 14.7 Å². The first-order valence-electron chi connectivity index (χ1n) is 16.8. The summed E-state index contributed by atoms with van der Waals surface area (Å²) in [5, 5.41) is 14.5. The van der Waals surface area contributed by atoms with Crippen molar-refractivity contribution in [3.8, 4) is 0 Å². The molecule has 1 aromatic carbocycles. The standard InChI is InChI=1S/C37H49FN4O5S/c1-34(2,3)47-33(44)42-24-36(45,26-10-8-7-9-11-26)23-31(42)32(43)40-30-22-28(14-15-29(30)38)37(19-16-25-12-13-25,27-17-20-39-21-18-27)41-48(46)35(4,5)6/h7-10,14-15,17-18,20-22,25-26,31,41,45H,11-13,16,19,23-24H2,1-6H3,(H,40,43)/t26?,31-,36-,37?,48+/m1/s1. The number of carbonyl (C=O) groups is 2. The second kappa shape index (κ2) is 13.9. The van der Waals surface area contributed by atoms with Gasteiger partial charge < -0.3 is 19.7 Å². The number of β-amino-alcohol motifs (C(OH)–C–C–N with tert-alkyl or cyclic N) is 1. The molecule has 11 heteroatoms. The fraction of sp³-hybridized carbons (Fsp3) is 0.541. The highest BCUT2D eigenvalue weighted by Crippen LogP contribution is 2.43. The number of carbonyl (C=O) groups excluding carboxylic acids is 2. The Balaban J connectivity index is 1.50. The molecule has 0 radical (unpaired) electrons. The second-order valence-corrected chi connectivity index (χ2v) is 17.3. The molecule has 9 nitrogen and oxygen atoms in total. The highest BCUT2D eigenvalue weighted by atomic mass is 32.2. The SMILES string of the molecule is CC(C)(C)OC(=O)N1C[C@@](O)(C2C=CC=CC2)C[C@@H]1C(=O)Nc1cc(C(CCC2CC2)(N[S@@+]([O-])C(C)(C)C)c2ccncc2)ccc1F. The number of aromatic nitrogens is 1. The van der Waals surface area contributed by atoms with Crippen LogP contribution in [-0.4, -0.2) is 60.1 Å². The summed E-state index contributed by atoms with van der Waals surface area (Å²) in [5.41, 5.74) is -1.81. The predicted octanol–water partition coefficient (Wildman–Crippen LogP) is 6.52. The molecule has 1 aromatic heterocycles. The summed E-state index contributed by atoms with van der Waals surface area (Å²) in [5.74, 6) is -1.05. The monoisotopic (exact) mass is 680 g/mol. The normalized spacial score (nSPS) is 24.6. The van der Waals surface area contributed by atoms with Crippen LogP contribution in [0.4, 0.5) is 14.9 Å². The van der Waals surface area contributed by atoms with Crippen molar-refractivity contribution >= 4 is 29.0 Å². The topological polar surface area (TPSA) is 127 Å². The first-order valence-corrected chi connectivity index (χ1v) is 17.9. The van der Waals surface area contributed by atoms with Gasteiger partial charge in [-0.25, -0.2) is 9.18 Å². The molecular weight excluding hydrogens is 631 g/mol. The minimum Gasteiger partial charge on any atom is -0.598 e. The smallest absolute Gasteiger partial charge is 0.411 e. The van der Waals surface area contributed by atoms with Crippen molar-refractivity contribution in [2.24, 2.45) is 11.8 Å². The van der Waals surface area contributed by atoms with Gasteiger partial charge in [0.2, 0.25) is 5.91 Å². The molecule has 1 saturated carbocycles. The zero-order valence-electron chi connectivity index (χ0n) is 28.8. The van der Waals surface area contributed by atoms with Gasteiger partial charge >= 0.3 is 6.09 Å². The Morgan fingerprint density at radius 3 is 2.42 bits per heavy atom. The van der Waals surface area contributed by atoms with Gasteiger partial charge in [0.25, 0.3) is 0 Å². The summed E-state index contributed by atoms with van der Waals surface area (Å²) >= 11 is -1.50. The maximum absolute atomic E-state index is 15.6. The molecule has 2 aliphatic carbocycles. The van der Waals surface area contributed by atoms with E-state index in [1.165, 1.54) is 11.0 Å². The Labute approximate surface area is 286 Å². The van der Waals surface area contributed by atoms with Gasteiger partial charge in [-0.05, 0) is 102 Å². The maximum atomic E-state index is 15.6. The Hall–Kier alpha value is -3.25. The van der Waals surface area contributed by atoms with Gasteiger partial charge in [-0.1, -0.05) is 43.2 Å². The Kier molecular flexibility index (Phi) is 10.5. The number of hydrogen-bond donors (Lipinski definition) is 3. The third-order valence-corrected chi connectivity index (χ3v) is 11.0. The summed E-state index contributed by atoms with van der Waals surface area (Å²) in [7, 11) is 0. The first-order chi connectivity index (χ1) is 22.5. The van der Waals surface area contributed by atoms with E-state index in [2.05, 4.69) is 15.0 Å². The van der Waals surface area contributed by atoms with Crippen LogP contribution in [-0.2, 0) is 26.4 Å². The molecule has 1 aliphatic heterocycles. The number of rotatable bonds is 10. The highest BCUT2D eigenvalue weighted by molar-refractivity contribution is 7.90. The number of allylic oxidation sites excluding steroid dienone is 3. The lowest BCUT2D eigenvalue weighted by Gasteiger charge is -2.39. The van der Waals surface area contributed by atoms with Crippen LogP contribution >= 0.6 is 0 Å². The van der Waals surface area contributed by atoms with E-state index in [9.17, 15) is 19.2 Å². The molecule has 2 fully saturated rings. The Morgan fingerprint density at radius 2 is 1.81 bits per heavy atom. The van der Waals surface area contributed by atoms with Crippen LogP contribution in [0.25, 0.3) is 0 Å². The molecule has 2 heterocycles. The largest absolute Gasteiger partial charge is 0.598 e. The van der Waals surface area contributed by atoms with Crippen LogP contribution in [0.2, 0.25) is 0 Å². The molecule has 5 rings (SSSR count). The average molecular weight is 681 g/mol. The molecule has 260 valence electrons. The molecule has 0 bridgehead atoms. The number of nitrogens with one attached hydrogen (secondary N) is 2. The lowest BCUT2D eigenvalue weighted by Crippen LogP contribution is -2.52. The summed E-state index contributed by atoms with van der Waals surface area (Å²) < 4.78 is 37.8. The van der Waals surface area contributed by atoms with Crippen LogP contribution in [0.5, 0.6) is 0 Å². The van der Waals surface area contributed by atoms with Crippen molar-refractivity contribution in [1.29, 1.82) is 0 Å². The van der Waals surface area contributed by atoms with E-state index in [1.54, 1.807) is 45.3 Å². The lowest BCUT2D eigenvalue weighted by molar-refractivity contribution is -0.120. The van der Waals surface area contributed by atoms with E-state index in [1.807, 2.05) is 57.2 Å². The van der Waals surface area contributed by atoms with Crippen molar-refractivity contribution in [2.45, 2.75) is 108 Å². The number of likely N-dealkylation sites (tertiary alicyclic amines) is 1. The van der Waals surface area contributed by atoms with E-state index < -0.39 is 56.7 Å². The number of amides is 2. The quantitative estimate of drug-likeness (QED) is 0.244. The summed E-state index contributed by atoms with van der Waals surface area (Å²) in [6.07, 6.45) is 14.4. The molecule has 3 N–H and O–H groups in total. The molecule has 2 unspecified atom stereocenters. The lowest BCUT2D eigenvalue weighted by atomic mass is 9.79. The minimum absolute atomic E-state index is 0.0449. The molecule has 0 spiro atoms. The first kappa shape index (κ1) is 36.0. The van der Waals surface area contributed by atoms with Gasteiger partial charge in [-0.15, -0.1) is 4.72 Å². The van der Waals surface area contributed by atoms with Crippen LogP contribution in [0.3, 0.4) is 0 Å². The highest BCUT2D eigenvalue weighted by Gasteiger charge is 2.52. The van der Waals surface area contributed by atoms with E-state index in [-0.39, 0.29) is 24.6 Å². The van der Waals surface area contributed by atoms with Gasteiger partial charge in [-0.2, -0.15) is 0 Å². The van der Waals surface area contributed by atoms with Gasteiger partial charge in [0.15, 0.2) is 0 Å². The van der Waals surface area contributed by atoms with Crippen molar-refractivity contribution in [1.82, 2.24) is 14.6 Å². The van der Waals surface area contributed by atoms with Gasteiger partial charge in [0.05, 0.1) is 17.8 Å². The van der Waals surface area contributed by atoms with Crippen molar-refractivity contribution < 1.29 is 28.4 Å². The predicted molar refractivity (Wildman–Crippen MR) is 186 cm³/mol. The third-order valence-electron chi connectivity index (χ3n) is 9.31. The van der Waals surface area contributed by atoms with Crippen LogP contribution < -0.4 is 10.0 Å². The summed E-state index contributed by atoms with van der Waals surface area (Å²) in [6, 6.07) is 7.17. The number of pyridine rings is 1. The number of hydrogen-bond acceptors (Lipinski definition) is 7. The van der Waals surface area contributed by atoms with Crippen LogP contribution in [0.15, 0.2) is 67.0 Å². The molecule has 3 aliphatic rings. The average Bonchev–Trinajstić information content (AvgIpc) is 3.79. The van der Waals surface area contributed by atoms with E-state index in [0.29, 0.717) is 24.3 Å². The fourth-order valence-electron chi connectivity index (χ4n) is 6.41. The van der Waals surface area contributed by atoms with E-state index in [4.69, 9.17) is 4.74 Å². The minimum atomic E-state index is -1.50. The summed E-state index contributed by atoms with van der Waals surface area (Å²) in [6.45, 7) is 10.8. The van der Waals surface area contributed by atoms with Crippen LogP contribution in [0.1, 0.15) is 91.2 Å². The van der Waals surface area contributed by atoms with Crippen molar-refractivity contribution in [3.63, 3.8) is 0 Å². The molecule has 1 saturated heterocycles. The van der Waals surface area contributed by atoms with Crippen molar-refractivity contribution in [3.05, 3.63) is 84.0 Å². The number of halogens is 1. The maximum Gasteiger partial charge on any atom is 0.411 e. The zero-order valence-corrected chi connectivity index (χ0v) is 29.6. The van der Waals surface area contributed by atoms with Gasteiger partial charge in [0.1, 0.15) is 27.7 Å². The second-order valence-electron chi connectivity index (χ2n) is 15.4. The number of anilines is 1. The molecular formula is C37H49FN4O5S. The number of nitrogens with zero attached hydrogens (tertiary/aromatic N) is 2. The Morgan fingerprint density at radius 1 is 1.10 bits per heavy atom. The number of benzene rings is 1. The molecule has 48 heavy (non-hydrogen) atoms. The zero-order chi connectivity index (χ0) is 34.9. The number of aliphatic hydroxyl groups is 1. The molecule has 5 atom stereocenters.